The maximum atomic E-state index is 5.80. The highest BCUT2D eigenvalue weighted by Crippen LogP contribution is 2.10. The largest absolute Gasteiger partial charge is 0.372 e. The van der Waals surface area contributed by atoms with Gasteiger partial charge in [-0.3, -0.25) is 4.98 Å². The van der Waals surface area contributed by atoms with Gasteiger partial charge in [0.15, 0.2) is 0 Å². The van der Waals surface area contributed by atoms with Crippen molar-refractivity contribution in [3.8, 4) is 0 Å². The predicted molar refractivity (Wildman–Crippen MR) is 79.9 cm³/mol. The molecule has 19 heavy (non-hydrogen) atoms. The molecule has 1 aromatic heterocycles. The summed E-state index contributed by atoms with van der Waals surface area (Å²) >= 11 is 0. The molecule has 0 spiro atoms. The molecule has 0 fully saturated rings. The molecule has 0 aliphatic rings. The third-order valence-electron chi connectivity index (χ3n) is 2.92. The zero-order valence-corrected chi connectivity index (χ0v) is 12.9. The lowest BCUT2D eigenvalue weighted by Crippen LogP contribution is -2.21. The Hall–Kier alpha value is -0.930. The van der Waals surface area contributed by atoms with Gasteiger partial charge >= 0.3 is 0 Å². The maximum absolute atomic E-state index is 5.80. The van der Waals surface area contributed by atoms with Crippen LogP contribution in [0.3, 0.4) is 0 Å². The van der Waals surface area contributed by atoms with E-state index < -0.39 is 0 Å². The molecule has 0 aliphatic carbocycles. The minimum absolute atomic E-state index is 0.295. The summed E-state index contributed by atoms with van der Waals surface area (Å²) in [6.07, 6.45) is 3.32. The van der Waals surface area contributed by atoms with Gasteiger partial charge < -0.3 is 10.1 Å². The molecule has 0 aliphatic heterocycles. The number of aromatic nitrogens is 1. The first-order valence-corrected chi connectivity index (χ1v) is 7.26. The van der Waals surface area contributed by atoms with E-state index in [1.807, 2.05) is 6.20 Å². The maximum Gasteiger partial charge on any atom is 0.0891 e. The van der Waals surface area contributed by atoms with Gasteiger partial charge in [0.2, 0.25) is 0 Å². The van der Waals surface area contributed by atoms with Gasteiger partial charge in [0.25, 0.3) is 0 Å². The van der Waals surface area contributed by atoms with E-state index in [-0.39, 0.29) is 0 Å². The summed E-state index contributed by atoms with van der Waals surface area (Å²) in [5.74, 6) is 0.674. The summed E-state index contributed by atoms with van der Waals surface area (Å²) in [5, 5.41) is 3.38. The highest BCUT2D eigenvalue weighted by atomic mass is 16.5. The smallest absolute Gasteiger partial charge is 0.0891 e. The Morgan fingerprint density at radius 1 is 1.16 bits per heavy atom. The number of hydrogen-bond acceptors (Lipinski definition) is 3. The van der Waals surface area contributed by atoms with Crippen LogP contribution in [-0.2, 0) is 17.9 Å². The molecule has 108 valence electrons. The topological polar surface area (TPSA) is 34.1 Å². The van der Waals surface area contributed by atoms with Gasteiger partial charge in [-0.15, -0.1) is 0 Å². The lowest BCUT2D eigenvalue weighted by Gasteiger charge is -2.15. The molecule has 1 N–H and O–H groups in total. The molecule has 1 rings (SSSR count). The fourth-order valence-corrected chi connectivity index (χ4v) is 1.93. The SMILES string of the molecule is CC(C)CC(C)OCc1ccc(CNC(C)C)cn1. The molecule has 0 amide bonds. The van der Waals surface area contributed by atoms with Crippen LogP contribution in [0.15, 0.2) is 18.3 Å². The van der Waals surface area contributed by atoms with Crippen molar-refractivity contribution in [2.45, 2.75) is 66.3 Å². The van der Waals surface area contributed by atoms with Crippen molar-refractivity contribution in [2.24, 2.45) is 5.92 Å². The van der Waals surface area contributed by atoms with E-state index in [9.17, 15) is 0 Å². The highest BCUT2D eigenvalue weighted by Gasteiger charge is 2.06. The fraction of sp³-hybridized carbons (Fsp3) is 0.688. The van der Waals surface area contributed by atoms with Crippen LogP contribution in [0.25, 0.3) is 0 Å². The van der Waals surface area contributed by atoms with E-state index in [1.54, 1.807) is 0 Å². The number of nitrogens with zero attached hydrogens (tertiary/aromatic N) is 1. The first-order valence-electron chi connectivity index (χ1n) is 7.26. The third-order valence-corrected chi connectivity index (χ3v) is 2.92. The molecular formula is C16H28N2O. The van der Waals surface area contributed by atoms with Gasteiger partial charge in [0, 0.05) is 18.8 Å². The molecule has 1 atom stereocenters. The van der Waals surface area contributed by atoms with Crippen LogP contribution in [0.1, 0.15) is 52.3 Å². The van der Waals surface area contributed by atoms with Crippen molar-refractivity contribution in [3.63, 3.8) is 0 Å². The number of hydrogen-bond donors (Lipinski definition) is 1. The minimum atomic E-state index is 0.295. The lowest BCUT2D eigenvalue weighted by atomic mass is 10.1. The zero-order valence-electron chi connectivity index (χ0n) is 12.9. The van der Waals surface area contributed by atoms with Gasteiger partial charge in [-0.05, 0) is 30.9 Å². The molecule has 1 unspecified atom stereocenters. The normalized spacial score (nSPS) is 13.2. The van der Waals surface area contributed by atoms with Gasteiger partial charge in [-0.1, -0.05) is 33.8 Å². The van der Waals surface area contributed by atoms with Crippen molar-refractivity contribution in [1.82, 2.24) is 10.3 Å². The molecule has 3 nitrogen and oxygen atoms in total. The monoisotopic (exact) mass is 264 g/mol. The average molecular weight is 264 g/mol. The molecule has 0 aromatic carbocycles. The first kappa shape index (κ1) is 16.1. The van der Waals surface area contributed by atoms with Crippen LogP contribution in [0, 0.1) is 5.92 Å². The molecule has 0 bridgehead atoms. The van der Waals surface area contributed by atoms with Gasteiger partial charge in [-0.2, -0.15) is 0 Å². The summed E-state index contributed by atoms with van der Waals surface area (Å²) in [5.41, 5.74) is 2.22. The summed E-state index contributed by atoms with van der Waals surface area (Å²) in [6.45, 7) is 12.3. The Bertz CT molecular complexity index is 346. The molecule has 0 saturated heterocycles. The summed E-state index contributed by atoms with van der Waals surface area (Å²) in [7, 11) is 0. The zero-order chi connectivity index (χ0) is 14.3. The Morgan fingerprint density at radius 2 is 1.89 bits per heavy atom. The van der Waals surface area contributed by atoms with Crippen LogP contribution < -0.4 is 5.32 Å². The first-order chi connectivity index (χ1) is 8.97. The summed E-state index contributed by atoms with van der Waals surface area (Å²) in [6, 6.07) is 4.67. The van der Waals surface area contributed by atoms with E-state index in [4.69, 9.17) is 4.74 Å². The van der Waals surface area contributed by atoms with E-state index in [2.05, 4.69) is 57.1 Å². The Kier molecular flexibility index (Phi) is 7.03. The second-order valence-electron chi connectivity index (χ2n) is 5.94. The van der Waals surface area contributed by atoms with Crippen molar-refractivity contribution in [1.29, 1.82) is 0 Å². The third kappa shape index (κ3) is 7.28. The van der Waals surface area contributed by atoms with Crippen LogP contribution in [0.4, 0.5) is 0 Å². The van der Waals surface area contributed by atoms with Crippen LogP contribution in [0.2, 0.25) is 0 Å². The van der Waals surface area contributed by atoms with Crippen molar-refractivity contribution < 1.29 is 4.74 Å². The molecule has 3 heteroatoms. The Labute approximate surface area is 117 Å². The molecule has 1 aromatic rings. The lowest BCUT2D eigenvalue weighted by molar-refractivity contribution is 0.0379. The molecule has 0 radical (unpaired) electrons. The Balaban J connectivity index is 2.35. The standard InChI is InChI=1S/C16H28N2O/c1-12(2)8-14(5)19-11-16-7-6-15(10-18-16)9-17-13(3)4/h6-7,10,12-14,17H,8-9,11H2,1-5H3. The number of nitrogens with one attached hydrogen (secondary N) is 1. The van der Waals surface area contributed by atoms with Crippen LogP contribution in [0.5, 0.6) is 0 Å². The summed E-state index contributed by atoms with van der Waals surface area (Å²) < 4.78 is 5.80. The van der Waals surface area contributed by atoms with Crippen molar-refractivity contribution >= 4 is 0 Å². The molecule has 1 heterocycles. The average Bonchev–Trinajstić information content (AvgIpc) is 2.34. The van der Waals surface area contributed by atoms with E-state index in [0.29, 0.717) is 24.7 Å². The second-order valence-corrected chi connectivity index (χ2v) is 5.94. The fourth-order valence-electron chi connectivity index (χ4n) is 1.93. The van der Waals surface area contributed by atoms with Gasteiger partial charge in [-0.25, -0.2) is 0 Å². The number of ether oxygens (including phenoxy) is 1. The van der Waals surface area contributed by atoms with Gasteiger partial charge in [0.05, 0.1) is 18.4 Å². The van der Waals surface area contributed by atoms with Crippen molar-refractivity contribution in [3.05, 3.63) is 29.6 Å². The van der Waals surface area contributed by atoms with Crippen molar-refractivity contribution in [2.75, 3.05) is 0 Å². The minimum Gasteiger partial charge on any atom is -0.372 e. The van der Waals surface area contributed by atoms with Crippen LogP contribution in [-0.4, -0.2) is 17.1 Å². The number of rotatable bonds is 8. The van der Waals surface area contributed by atoms with Gasteiger partial charge in [0.1, 0.15) is 0 Å². The predicted octanol–water partition coefficient (Wildman–Crippen LogP) is 3.53. The number of pyridine rings is 1. The van der Waals surface area contributed by atoms with Crippen LogP contribution >= 0.6 is 0 Å². The molecular weight excluding hydrogens is 236 g/mol. The summed E-state index contributed by atoms with van der Waals surface area (Å²) in [4.78, 5) is 4.44. The van der Waals surface area contributed by atoms with E-state index >= 15 is 0 Å². The van der Waals surface area contributed by atoms with E-state index in [1.165, 1.54) is 5.56 Å². The highest BCUT2D eigenvalue weighted by molar-refractivity contribution is 5.13. The Morgan fingerprint density at radius 3 is 2.42 bits per heavy atom. The van der Waals surface area contributed by atoms with E-state index in [0.717, 1.165) is 18.7 Å². The second kappa shape index (κ2) is 8.28. The quantitative estimate of drug-likeness (QED) is 0.780. The molecule has 0 saturated carbocycles.